The second-order valence-corrected chi connectivity index (χ2v) is 8.33. The Morgan fingerprint density at radius 3 is 2.38 bits per heavy atom. The molecule has 0 atom stereocenters. The van der Waals surface area contributed by atoms with Crippen molar-refractivity contribution in [3.63, 3.8) is 0 Å². The van der Waals surface area contributed by atoms with Gasteiger partial charge < -0.3 is 4.42 Å². The summed E-state index contributed by atoms with van der Waals surface area (Å²) in [5, 5.41) is 13.1. The number of hydrogen-bond acceptors (Lipinski definition) is 6. The molecule has 0 saturated carbocycles. The molecular formula is C21H11Br2N3O6. The lowest BCUT2D eigenvalue weighted by Crippen LogP contribution is -2.54. The number of urea groups is 1. The number of hydrogen-bond donors (Lipinski definition) is 1. The summed E-state index contributed by atoms with van der Waals surface area (Å²) in [5.41, 5.74) is 0.475. The number of imide groups is 2. The van der Waals surface area contributed by atoms with E-state index in [-0.39, 0.29) is 17.0 Å². The molecule has 1 aromatic heterocycles. The Balaban J connectivity index is 1.66. The van der Waals surface area contributed by atoms with Crippen molar-refractivity contribution in [2.24, 2.45) is 0 Å². The van der Waals surface area contributed by atoms with Gasteiger partial charge in [0.15, 0.2) is 0 Å². The molecule has 1 aliphatic rings. The molecule has 0 aliphatic carbocycles. The third-order valence-corrected chi connectivity index (χ3v) is 5.71. The molecule has 9 nitrogen and oxygen atoms in total. The fourth-order valence-electron chi connectivity index (χ4n) is 3.02. The zero-order valence-corrected chi connectivity index (χ0v) is 19.0. The lowest BCUT2D eigenvalue weighted by atomic mass is 10.1. The second-order valence-electron chi connectivity index (χ2n) is 6.56. The van der Waals surface area contributed by atoms with Gasteiger partial charge >= 0.3 is 6.03 Å². The highest BCUT2D eigenvalue weighted by molar-refractivity contribution is 9.10. The molecule has 0 unspecified atom stereocenters. The Morgan fingerprint density at radius 1 is 1.00 bits per heavy atom. The summed E-state index contributed by atoms with van der Waals surface area (Å²) in [4.78, 5) is 48.7. The lowest BCUT2D eigenvalue weighted by Gasteiger charge is -2.26. The molecule has 11 heteroatoms. The smallest absolute Gasteiger partial charge is 0.335 e. The van der Waals surface area contributed by atoms with Crippen LogP contribution in [-0.2, 0) is 9.59 Å². The number of anilines is 1. The van der Waals surface area contributed by atoms with Gasteiger partial charge in [-0.25, -0.2) is 9.69 Å². The molecular weight excluding hydrogens is 550 g/mol. The van der Waals surface area contributed by atoms with E-state index in [9.17, 15) is 24.5 Å². The van der Waals surface area contributed by atoms with Crippen molar-refractivity contribution >= 4 is 67.2 Å². The van der Waals surface area contributed by atoms with E-state index in [2.05, 4.69) is 37.2 Å². The highest BCUT2D eigenvalue weighted by Gasteiger charge is 2.37. The van der Waals surface area contributed by atoms with Crippen LogP contribution in [0, 0.1) is 10.1 Å². The molecule has 1 aliphatic heterocycles. The average molecular weight is 561 g/mol. The Morgan fingerprint density at radius 2 is 1.72 bits per heavy atom. The first-order chi connectivity index (χ1) is 15.2. The minimum absolute atomic E-state index is 0.0864. The van der Waals surface area contributed by atoms with Gasteiger partial charge in [-0.1, -0.05) is 15.9 Å². The van der Waals surface area contributed by atoms with E-state index in [1.54, 1.807) is 30.3 Å². The van der Waals surface area contributed by atoms with E-state index in [0.717, 1.165) is 9.37 Å². The molecule has 1 N–H and O–H groups in total. The molecule has 0 spiro atoms. The molecule has 3 aromatic rings. The van der Waals surface area contributed by atoms with E-state index < -0.39 is 22.8 Å². The summed E-state index contributed by atoms with van der Waals surface area (Å²) in [7, 11) is 0. The predicted octanol–water partition coefficient (Wildman–Crippen LogP) is 5.05. The first-order valence-corrected chi connectivity index (χ1v) is 10.5. The molecule has 32 heavy (non-hydrogen) atoms. The van der Waals surface area contributed by atoms with E-state index in [0.29, 0.717) is 21.5 Å². The maximum Gasteiger partial charge on any atom is 0.335 e. The van der Waals surface area contributed by atoms with Crippen LogP contribution >= 0.6 is 31.9 Å². The summed E-state index contributed by atoms with van der Waals surface area (Å²) in [6.07, 6.45) is 1.23. The van der Waals surface area contributed by atoms with Crippen LogP contribution in [0.15, 0.2) is 73.5 Å². The predicted molar refractivity (Wildman–Crippen MR) is 122 cm³/mol. The highest BCUT2D eigenvalue weighted by atomic mass is 79.9. The van der Waals surface area contributed by atoms with Crippen molar-refractivity contribution in [2.45, 2.75) is 0 Å². The van der Waals surface area contributed by atoms with Gasteiger partial charge in [0.2, 0.25) is 0 Å². The summed E-state index contributed by atoms with van der Waals surface area (Å²) < 4.78 is 6.92. The maximum atomic E-state index is 12.9. The first-order valence-electron chi connectivity index (χ1n) is 8.96. The number of furan rings is 1. The van der Waals surface area contributed by atoms with Crippen molar-refractivity contribution < 1.29 is 23.7 Å². The second kappa shape index (κ2) is 8.52. The number of nitro benzene ring substituents is 1. The number of halogens is 2. The van der Waals surface area contributed by atoms with E-state index in [1.807, 2.05) is 0 Å². The number of non-ortho nitro benzene ring substituents is 1. The molecule has 2 heterocycles. The van der Waals surface area contributed by atoms with E-state index in [1.165, 1.54) is 30.3 Å². The minimum Gasteiger partial charge on any atom is -0.457 e. The maximum absolute atomic E-state index is 12.9. The summed E-state index contributed by atoms with van der Waals surface area (Å²) in [6.45, 7) is 0. The van der Waals surface area contributed by atoms with Gasteiger partial charge in [-0.05, 0) is 64.5 Å². The molecule has 4 rings (SSSR count). The number of carbonyl (C=O) groups excluding carboxylic acids is 3. The molecule has 160 valence electrons. The zero-order chi connectivity index (χ0) is 23.0. The summed E-state index contributed by atoms with van der Waals surface area (Å²) in [6, 6.07) is 12.9. The number of rotatable bonds is 4. The standard InChI is InChI=1S/C21H11Br2N3O6/c22-11-1-3-12(4-2-11)25-20(28)16(19(27)24-21(25)29)10-14-6-8-18(32-14)15-7-5-13(26(30)31)9-17(15)23/h1-10H,(H,24,27,29)/b16-10-. The number of benzene rings is 2. The third kappa shape index (κ3) is 4.12. The van der Waals surface area contributed by atoms with Gasteiger partial charge in [0.05, 0.1) is 10.6 Å². The van der Waals surface area contributed by atoms with Crippen LogP contribution in [0.4, 0.5) is 16.2 Å². The molecule has 1 fully saturated rings. The zero-order valence-electron chi connectivity index (χ0n) is 15.9. The van der Waals surface area contributed by atoms with Gasteiger partial charge in [0, 0.05) is 26.6 Å². The van der Waals surface area contributed by atoms with Crippen LogP contribution in [0.5, 0.6) is 0 Å². The van der Waals surface area contributed by atoms with Crippen LogP contribution in [0.3, 0.4) is 0 Å². The fourth-order valence-corrected chi connectivity index (χ4v) is 3.84. The van der Waals surface area contributed by atoms with Crippen molar-refractivity contribution in [1.82, 2.24) is 5.32 Å². The molecule has 4 amide bonds. The number of amides is 4. The van der Waals surface area contributed by atoms with Gasteiger partial charge in [0.25, 0.3) is 17.5 Å². The number of nitrogens with one attached hydrogen (secondary N) is 1. The molecule has 1 saturated heterocycles. The van der Waals surface area contributed by atoms with Gasteiger partial charge in [0.1, 0.15) is 17.1 Å². The molecule has 0 radical (unpaired) electrons. The van der Waals surface area contributed by atoms with Crippen LogP contribution in [0.2, 0.25) is 0 Å². The van der Waals surface area contributed by atoms with Gasteiger partial charge in [-0.15, -0.1) is 0 Å². The summed E-state index contributed by atoms with van der Waals surface area (Å²) in [5.74, 6) is -1.09. The Hall–Kier alpha value is -3.57. The van der Waals surface area contributed by atoms with Crippen LogP contribution in [-0.4, -0.2) is 22.8 Å². The third-order valence-electron chi connectivity index (χ3n) is 4.53. The summed E-state index contributed by atoms with van der Waals surface area (Å²) >= 11 is 6.56. The van der Waals surface area contributed by atoms with Crippen LogP contribution < -0.4 is 10.2 Å². The van der Waals surface area contributed by atoms with Crippen molar-refractivity contribution in [1.29, 1.82) is 0 Å². The van der Waals surface area contributed by atoms with Crippen molar-refractivity contribution in [3.05, 3.63) is 85.0 Å². The van der Waals surface area contributed by atoms with Crippen LogP contribution in [0.25, 0.3) is 17.4 Å². The molecule has 2 aromatic carbocycles. The van der Waals surface area contributed by atoms with E-state index >= 15 is 0 Å². The van der Waals surface area contributed by atoms with E-state index in [4.69, 9.17) is 4.42 Å². The number of nitrogens with zero attached hydrogens (tertiary/aromatic N) is 2. The fraction of sp³-hybridized carbons (Fsp3) is 0. The lowest BCUT2D eigenvalue weighted by molar-refractivity contribution is -0.384. The van der Waals surface area contributed by atoms with Crippen molar-refractivity contribution in [2.75, 3.05) is 4.90 Å². The first kappa shape index (κ1) is 21.7. The van der Waals surface area contributed by atoms with Crippen LogP contribution in [0.1, 0.15) is 5.76 Å². The van der Waals surface area contributed by atoms with Gasteiger partial charge in [-0.3, -0.25) is 25.0 Å². The quantitative estimate of drug-likeness (QED) is 0.206. The van der Waals surface area contributed by atoms with Crippen molar-refractivity contribution in [3.8, 4) is 11.3 Å². The largest absolute Gasteiger partial charge is 0.457 e. The van der Waals surface area contributed by atoms with Gasteiger partial charge in [-0.2, -0.15) is 0 Å². The molecule has 0 bridgehead atoms. The minimum atomic E-state index is -0.852. The normalized spacial score (nSPS) is 15.2. The Bertz CT molecular complexity index is 1310. The SMILES string of the molecule is O=C1NC(=O)N(c2ccc(Br)cc2)C(=O)/C1=C\c1ccc(-c2ccc([N+](=O)[O-])cc2Br)o1. The average Bonchev–Trinajstić information content (AvgIpc) is 3.20. The Labute approximate surface area is 197 Å². The highest BCUT2D eigenvalue weighted by Crippen LogP contribution is 2.33. The monoisotopic (exact) mass is 559 g/mol. The number of nitro groups is 1. The topological polar surface area (TPSA) is 123 Å². The number of barbiturate groups is 1. The number of carbonyl (C=O) groups is 3. The Kier molecular flexibility index (Phi) is 5.76.